The van der Waals surface area contributed by atoms with Gasteiger partial charge in [-0.3, -0.25) is 0 Å². The Hall–Kier alpha value is -3.15. The number of halogens is 1. The Morgan fingerprint density at radius 3 is 2.65 bits per heavy atom. The average Bonchev–Trinajstić information content (AvgIpc) is 3.21. The van der Waals surface area contributed by atoms with Gasteiger partial charge in [0.25, 0.3) is 0 Å². The van der Waals surface area contributed by atoms with E-state index >= 15 is 0 Å². The van der Waals surface area contributed by atoms with Crippen molar-refractivity contribution in [1.29, 1.82) is 0 Å². The zero-order valence-electron chi connectivity index (χ0n) is 14.5. The molecule has 0 fully saturated rings. The van der Waals surface area contributed by atoms with Crippen molar-refractivity contribution in [1.82, 2.24) is 14.5 Å². The first-order chi connectivity index (χ1) is 12.6. The number of rotatable bonds is 4. The minimum atomic E-state index is -0.271. The molecule has 6 heteroatoms. The van der Waals surface area contributed by atoms with Gasteiger partial charge in [0, 0.05) is 13.0 Å². The summed E-state index contributed by atoms with van der Waals surface area (Å²) in [5, 5.41) is 10.6. The van der Waals surface area contributed by atoms with Gasteiger partial charge in [0.2, 0.25) is 5.89 Å². The normalized spacial score (nSPS) is 11.3. The van der Waals surface area contributed by atoms with Gasteiger partial charge in [-0.1, -0.05) is 12.1 Å². The van der Waals surface area contributed by atoms with Crippen LogP contribution in [0.25, 0.3) is 22.5 Å². The van der Waals surface area contributed by atoms with Gasteiger partial charge < -0.3 is 14.1 Å². The third-order valence-electron chi connectivity index (χ3n) is 4.48. The average molecular weight is 351 g/mol. The van der Waals surface area contributed by atoms with Crippen LogP contribution in [0.3, 0.4) is 0 Å². The fraction of sp³-hybridized carbons (Fsp3) is 0.200. The first-order valence-corrected chi connectivity index (χ1v) is 8.45. The molecule has 0 aliphatic carbocycles. The zero-order chi connectivity index (χ0) is 18.3. The molecule has 1 N–H and O–H groups in total. The Kier molecular flexibility index (Phi) is 3.95. The van der Waals surface area contributed by atoms with Crippen LogP contribution in [0.15, 0.2) is 47.0 Å². The number of aromatic hydroxyl groups is 1. The number of imidazole rings is 1. The number of nitrogens with zero attached hydrogens (tertiary/aromatic N) is 3. The van der Waals surface area contributed by atoms with E-state index in [1.165, 1.54) is 12.1 Å². The summed E-state index contributed by atoms with van der Waals surface area (Å²) < 4.78 is 20.8. The summed E-state index contributed by atoms with van der Waals surface area (Å²) >= 11 is 0. The molecule has 0 radical (unpaired) electrons. The van der Waals surface area contributed by atoms with E-state index in [2.05, 4.69) is 9.97 Å². The Morgan fingerprint density at radius 1 is 1.15 bits per heavy atom. The van der Waals surface area contributed by atoms with Crippen LogP contribution in [-0.4, -0.2) is 19.6 Å². The highest BCUT2D eigenvalue weighted by Gasteiger charge is 2.18. The first-order valence-electron chi connectivity index (χ1n) is 8.45. The number of fused-ring (bicyclic) bond motifs is 1. The van der Waals surface area contributed by atoms with Crippen molar-refractivity contribution >= 4 is 11.0 Å². The fourth-order valence-corrected chi connectivity index (χ4v) is 3.18. The molecule has 4 rings (SSSR count). The van der Waals surface area contributed by atoms with Crippen LogP contribution in [-0.2, 0) is 13.0 Å². The SMILES string of the molecule is CCn1c(C)nc2c(O)c(-c3ncc(Cc4ccc(F)cc4)o3)ccc21. The predicted molar refractivity (Wildman–Crippen MR) is 96.5 cm³/mol. The first kappa shape index (κ1) is 16.3. The van der Waals surface area contributed by atoms with Crippen molar-refractivity contribution < 1.29 is 13.9 Å². The van der Waals surface area contributed by atoms with Crippen molar-refractivity contribution in [2.75, 3.05) is 0 Å². The van der Waals surface area contributed by atoms with Crippen LogP contribution >= 0.6 is 0 Å². The molecule has 4 aromatic rings. The van der Waals surface area contributed by atoms with Gasteiger partial charge in [-0.2, -0.15) is 0 Å². The molecular formula is C20H18FN3O2. The standard InChI is InChI=1S/C20H18FN3O2/c1-3-24-12(2)23-18-17(24)9-8-16(19(18)25)20-22-11-15(26-20)10-13-4-6-14(21)7-5-13/h4-9,11,25H,3,10H2,1-2H3. The summed E-state index contributed by atoms with van der Waals surface area (Å²) in [5.41, 5.74) is 2.85. The highest BCUT2D eigenvalue weighted by molar-refractivity contribution is 5.89. The van der Waals surface area contributed by atoms with Crippen molar-refractivity contribution in [3.8, 4) is 17.2 Å². The number of aryl methyl sites for hydroxylation is 2. The second-order valence-electron chi connectivity index (χ2n) is 6.17. The summed E-state index contributed by atoms with van der Waals surface area (Å²) in [7, 11) is 0. The van der Waals surface area contributed by atoms with Gasteiger partial charge in [-0.25, -0.2) is 14.4 Å². The quantitative estimate of drug-likeness (QED) is 0.590. The summed E-state index contributed by atoms with van der Waals surface area (Å²) in [6.45, 7) is 4.73. The summed E-state index contributed by atoms with van der Waals surface area (Å²) in [6, 6.07) is 9.95. The van der Waals surface area contributed by atoms with E-state index in [0.29, 0.717) is 29.2 Å². The van der Waals surface area contributed by atoms with Gasteiger partial charge in [0.1, 0.15) is 22.9 Å². The summed E-state index contributed by atoms with van der Waals surface area (Å²) in [6.07, 6.45) is 2.12. The topological polar surface area (TPSA) is 64.1 Å². The third-order valence-corrected chi connectivity index (χ3v) is 4.48. The van der Waals surface area contributed by atoms with Gasteiger partial charge in [-0.15, -0.1) is 0 Å². The van der Waals surface area contributed by atoms with Crippen molar-refractivity contribution in [2.24, 2.45) is 0 Å². The van der Waals surface area contributed by atoms with Crippen LogP contribution in [0.5, 0.6) is 5.75 Å². The molecule has 0 unspecified atom stereocenters. The molecule has 0 atom stereocenters. The Balaban J connectivity index is 1.69. The van der Waals surface area contributed by atoms with E-state index in [0.717, 1.165) is 23.4 Å². The van der Waals surface area contributed by atoms with E-state index in [-0.39, 0.29) is 11.6 Å². The molecule has 0 saturated carbocycles. The molecule has 0 bridgehead atoms. The smallest absolute Gasteiger partial charge is 0.230 e. The maximum atomic E-state index is 13.0. The van der Waals surface area contributed by atoms with Gasteiger partial charge in [0.05, 0.1) is 17.3 Å². The number of hydrogen-bond acceptors (Lipinski definition) is 4. The number of aromatic nitrogens is 3. The zero-order valence-corrected chi connectivity index (χ0v) is 14.5. The monoisotopic (exact) mass is 351 g/mol. The third kappa shape index (κ3) is 2.73. The van der Waals surface area contributed by atoms with Crippen LogP contribution in [0.2, 0.25) is 0 Å². The maximum Gasteiger partial charge on any atom is 0.230 e. The number of phenols is 1. The molecule has 132 valence electrons. The van der Waals surface area contributed by atoms with E-state index in [1.54, 1.807) is 24.4 Å². The molecule has 2 aromatic heterocycles. The van der Waals surface area contributed by atoms with E-state index in [9.17, 15) is 9.50 Å². The Labute approximate surface area is 149 Å². The lowest BCUT2D eigenvalue weighted by molar-refractivity contribution is 0.475. The Bertz CT molecular complexity index is 1080. The lowest BCUT2D eigenvalue weighted by Gasteiger charge is -2.04. The number of benzene rings is 2. The lowest BCUT2D eigenvalue weighted by atomic mass is 10.1. The molecule has 0 aliphatic heterocycles. The minimum Gasteiger partial charge on any atom is -0.505 e. The molecule has 0 amide bonds. The van der Waals surface area contributed by atoms with Crippen LogP contribution in [0, 0.1) is 12.7 Å². The maximum absolute atomic E-state index is 13.0. The van der Waals surface area contributed by atoms with Crippen LogP contribution < -0.4 is 0 Å². The van der Waals surface area contributed by atoms with E-state index < -0.39 is 0 Å². The van der Waals surface area contributed by atoms with Crippen LogP contribution in [0.4, 0.5) is 4.39 Å². The molecule has 2 heterocycles. The van der Waals surface area contributed by atoms with E-state index in [1.807, 2.05) is 24.5 Å². The highest BCUT2D eigenvalue weighted by Crippen LogP contribution is 2.35. The van der Waals surface area contributed by atoms with Crippen molar-refractivity contribution in [2.45, 2.75) is 26.8 Å². The molecule has 0 aliphatic rings. The molecule has 2 aromatic carbocycles. The van der Waals surface area contributed by atoms with Crippen molar-refractivity contribution in [3.05, 3.63) is 65.6 Å². The highest BCUT2D eigenvalue weighted by atomic mass is 19.1. The molecule has 0 spiro atoms. The summed E-state index contributed by atoms with van der Waals surface area (Å²) in [5.74, 6) is 1.62. The number of phenolic OH excluding ortho intramolecular Hbond substituents is 1. The largest absolute Gasteiger partial charge is 0.505 e. The van der Waals surface area contributed by atoms with Gasteiger partial charge in [0.15, 0.2) is 5.75 Å². The Morgan fingerprint density at radius 2 is 1.92 bits per heavy atom. The molecular weight excluding hydrogens is 333 g/mol. The van der Waals surface area contributed by atoms with Gasteiger partial charge in [-0.05, 0) is 43.7 Å². The van der Waals surface area contributed by atoms with E-state index in [4.69, 9.17) is 4.42 Å². The second-order valence-corrected chi connectivity index (χ2v) is 6.17. The predicted octanol–water partition coefficient (Wildman–Crippen LogP) is 4.46. The lowest BCUT2D eigenvalue weighted by Crippen LogP contribution is -1.96. The minimum absolute atomic E-state index is 0.0629. The number of oxazole rings is 1. The van der Waals surface area contributed by atoms with Gasteiger partial charge >= 0.3 is 0 Å². The molecule has 26 heavy (non-hydrogen) atoms. The van der Waals surface area contributed by atoms with Crippen molar-refractivity contribution in [3.63, 3.8) is 0 Å². The fourth-order valence-electron chi connectivity index (χ4n) is 3.18. The second kappa shape index (κ2) is 6.29. The molecule has 0 saturated heterocycles. The molecule has 5 nitrogen and oxygen atoms in total. The summed E-state index contributed by atoms with van der Waals surface area (Å²) in [4.78, 5) is 8.74. The number of hydrogen-bond donors (Lipinski definition) is 1. The van der Waals surface area contributed by atoms with Crippen LogP contribution in [0.1, 0.15) is 24.1 Å².